The van der Waals surface area contributed by atoms with Crippen molar-refractivity contribution in [2.75, 3.05) is 13.1 Å². The summed E-state index contributed by atoms with van der Waals surface area (Å²) in [5, 5.41) is 0. The Bertz CT molecular complexity index is 682. The third kappa shape index (κ3) is 4.48. The molecule has 1 aliphatic rings. The predicted octanol–water partition coefficient (Wildman–Crippen LogP) is 3.68. The highest BCUT2D eigenvalue weighted by Crippen LogP contribution is 2.22. The van der Waals surface area contributed by atoms with Crippen molar-refractivity contribution in [2.24, 2.45) is 5.92 Å². The number of hydrogen-bond donors (Lipinski definition) is 0. The Hall–Kier alpha value is -2.14. The molecule has 1 aliphatic heterocycles. The summed E-state index contributed by atoms with van der Waals surface area (Å²) in [5.41, 5.74) is 2.09. The number of halogens is 1. The SMILES string of the molecule is CC(C)[C@@H]1CN(Cc2ccoc2)CCC(=O)N1Cc1ccc(F)cc1. The van der Waals surface area contributed by atoms with Crippen molar-refractivity contribution in [2.45, 2.75) is 39.4 Å². The lowest BCUT2D eigenvalue weighted by Gasteiger charge is -2.34. The zero-order valence-electron chi connectivity index (χ0n) is 14.8. The van der Waals surface area contributed by atoms with Gasteiger partial charge in [-0.15, -0.1) is 0 Å². The molecule has 4 nitrogen and oxygen atoms in total. The maximum absolute atomic E-state index is 13.1. The highest BCUT2D eigenvalue weighted by atomic mass is 19.1. The van der Waals surface area contributed by atoms with E-state index in [1.54, 1.807) is 24.7 Å². The molecule has 0 N–H and O–H groups in total. The third-order valence-corrected chi connectivity index (χ3v) is 4.83. The van der Waals surface area contributed by atoms with E-state index in [1.807, 2.05) is 11.0 Å². The zero-order chi connectivity index (χ0) is 17.8. The Morgan fingerprint density at radius 2 is 1.92 bits per heavy atom. The van der Waals surface area contributed by atoms with Crippen molar-refractivity contribution < 1.29 is 13.6 Å². The van der Waals surface area contributed by atoms with Crippen LogP contribution >= 0.6 is 0 Å². The van der Waals surface area contributed by atoms with Crippen LogP contribution in [0.25, 0.3) is 0 Å². The van der Waals surface area contributed by atoms with E-state index in [9.17, 15) is 9.18 Å². The van der Waals surface area contributed by atoms with Gasteiger partial charge >= 0.3 is 0 Å². The van der Waals surface area contributed by atoms with Gasteiger partial charge in [-0.3, -0.25) is 9.69 Å². The normalized spacial score (nSPS) is 19.4. The first kappa shape index (κ1) is 17.7. The summed E-state index contributed by atoms with van der Waals surface area (Å²) in [6.45, 7) is 7.19. The smallest absolute Gasteiger partial charge is 0.224 e. The number of amides is 1. The molecule has 1 aromatic carbocycles. The predicted molar refractivity (Wildman–Crippen MR) is 94.2 cm³/mol. The van der Waals surface area contributed by atoms with E-state index in [2.05, 4.69) is 18.7 Å². The van der Waals surface area contributed by atoms with Crippen LogP contribution in [0.4, 0.5) is 4.39 Å². The van der Waals surface area contributed by atoms with Crippen molar-refractivity contribution in [3.63, 3.8) is 0 Å². The van der Waals surface area contributed by atoms with Crippen LogP contribution < -0.4 is 0 Å². The molecule has 1 aromatic heterocycles. The van der Waals surface area contributed by atoms with Crippen molar-refractivity contribution in [1.29, 1.82) is 0 Å². The molecule has 0 aliphatic carbocycles. The molecule has 5 heteroatoms. The maximum atomic E-state index is 13.1. The topological polar surface area (TPSA) is 36.7 Å². The Labute approximate surface area is 148 Å². The second-order valence-corrected chi connectivity index (χ2v) is 7.08. The molecule has 0 unspecified atom stereocenters. The first-order valence-corrected chi connectivity index (χ1v) is 8.80. The molecule has 0 bridgehead atoms. The highest BCUT2D eigenvalue weighted by molar-refractivity contribution is 5.77. The van der Waals surface area contributed by atoms with Crippen LogP contribution in [0.2, 0.25) is 0 Å². The van der Waals surface area contributed by atoms with Crippen LogP contribution in [0, 0.1) is 11.7 Å². The van der Waals surface area contributed by atoms with Gasteiger partial charge in [0.05, 0.1) is 12.5 Å². The van der Waals surface area contributed by atoms with Gasteiger partial charge in [-0.05, 0) is 29.7 Å². The molecule has 3 rings (SSSR count). The summed E-state index contributed by atoms with van der Waals surface area (Å²) in [4.78, 5) is 17.0. The van der Waals surface area contributed by atoms with Crippen molar-refractivity contribution >= 4 is 5.91 Å². The lowest BCUT2D eigenvalue weighted by atomic mass is 10.0. The molecule has 1 fully saturated rings. The fourth-order valence-corrected chi connectivity index (χ4v) is 3.38. The lowest BCUT2D eigenvalue weighted by molar-refractivity contribution is -0.134. The number of carbonyl (C=O) groups is 1. The van der Waals surface area contributed by atoms with Crippen LogP contribution in [0.15, 0.2) is 47.3 Å². The van der Waals surface area contributed by atoms with E-state index in [4.69, 9.17) is 4.42 Å². The molecule has 2 heterocycles. The molecule has 1 saturated heterocycles. The van der Waals surface area contributed by atoms with E-state index < -0.39 is 0 Å². The largest absolute Gasteiger partial charge is 0.472 e. The van der Waals surface area contributed by atoms with Gasteiger partial charge in [0, 0.05) is 44.2 Å². The van der Waals surface area contributed by atoms with Crippen molar-refractivity contribution in [1.82, 2.24) is 9.80 Å². The Balaban J connectivity index is 1.76. The Kier molecular flexibility index (Phi) is 5.53. The Morgan fingerprint density at radius 1 is 1.16 bits per heavy atom. The summed E-state index contributed by atoms with van der Waals surface area (Å²) in [7, 11) is 0. The molecule has 0 saturated carbocycles. The quantitative estimate of drug-likeness (QED) is 0.830. The number of rotatable bonds is 5. The van der Waals surface area contributed by atoms with Crippen LogP contribution in [0.1, 0.15) is 31.4 Å². The summed E-state index contributed by atoms with van der Waals surface area (Å²) in [5.74, 6) is 0.254. The monoisotopic (exact) mass is 344 g/mol. The van der Waals surface area contributed by atoms with Gasteiger partial charge in [0.25, 0.3) is 0 Å². The second-order valence-electron chi connectivity index (χ2n) is 7.08. The highest BCUT2D eigenvalue weighted by Gasteiger charge is 2.31. The molecule has 25 heavy (non-hydrogen) atoms. The van der Waals surface area contributed by atoms with Gasteiger partial charge in [0.2, 0.25) is 5.91 Å². The third-order valence-electron chi connectivity index (χ3n) is 4.83. The van der Waals surface area contributed by atoms with Crippen LogP contribution in [0.5, 0.6) is 0 Å². The minimum absolute atomic E-state index is 0.131. The molecule has 134 valence electrons. The second kappa shape index (κ2) is 7.83. The number of nitrogens with zero attached hydrogens (tertiary/aromatic N) is 2. The van der Waals surface area contributed by atoms with E-state index in [-0.39, 0.29) is 17.8 Å². The molecule has 0 spiro atoms. The van der Waals surface area contributed by atoms with Gasteiger partial charge < -0.3 is 9.32 Å². The zero-order valence-corrected chi connectivity index (χ0v) is 14.8. The van der Waals surface area contributed by atoms with Gasteiger partial charge in [-0.25, -0.2) is 4.39 Å². The average Bonchev–Trinajstić information content (AvgIpc) is 3.04. The minimum Gasteiger partial charge on any atom is -0.472 e. The van der Waals surface area contributed by atoms with Crippen LogP contribution in [-0.4, -0.2) is 34.8 Å². The van der Waals surface area contributed by atoms with Crippen molar-refractivity contribution in [3.8, 4) is 0 Å². The van der Waals surface area contributed by atoms with Crippen LogP contribution in [0.3, 0.4) is 0 Å². The number of hydrogen-bond acceptors (Lipinski definition) is 3. The molecular weight excluding hydrogens is 319 g/mol. The van der Waals surface area contributed by atoms with Crippen molar-refractivity contribution in [3.05, 3.63) is 59.8 Å². The molecule has 2 aromatic rings. The fourth-order valence-electron chi connectivity index (χ4n) is 3.38. The van der Waals surface area contributed by atoms with Gasteiger partial charge in [-0.2, -0.15) is 0 Å². The summed E-state index contributed by atoms with van der Waals surface area (Å²) >= 11 is 0. The molecule has 0 radical (unpaired) electrons. The average molecular weight is 344 g/mol. The van der Waals surface area contributed by atoms with Gasteiger partial charge in [0.15, 0.2) is 0 Å². The molecule has 1 amide bonds. The van der Waals surface area contributed by atoms with E-state index in [0.717, 1.165) is 30.8 Å². The number of carbonyl (C=O) groups excluding carboxylic acids is 1. The van der Waals surface area contributed by atoms with E-state index in [0.29, 0.717) is 18.9 Å². The molecular formula is C20H25FN2O2. The first-order chi connectivity index (χ1) is 12.0. The standard InChI is InChI=1S/C20H25FN2O2/c1-15(2)19-13-22(11-17-8-10-25-14-17)9-7-20(24)23(19)12-16-3-5-18(21)6-4-16/h3-6,8,10,14-15,19H,7,9,11-13H2,1-2H3/t19-/m0/s1. The summed E-state index contributed by atoms with van der Waals surface area (Å²) in [6.07, 6.45) is 3.94. The van der Waals surface area contributed by atoms with Crippen LogP contribution in [-0.2, 0) is 17.9 Å². The number of benzene rings is 1. The summed E-state index contributed by atoms with van der Waals surface area (Å²) in [6, 6.07) is 8.52. The Morgan fingerprint density at radius 3 is 2.56 bits per heavy atom. The van der Waals surface area contributed by atoms with E-state index in [1.165, 1.54) is 12.1 Å². The number of furan rings is 1. The fraction of sp³-hybridized carbons (Fsp3) is 0.450. The van der Waals surface area contributed by atoms with Gasteiger partial charge in [-0.1, -0.05) is 26.0 Å². The minimum atomic E-state index is -0.252. The van der Waals surface area contributed by atoms with Gasteiger partial charge in [0.1, 0.15) is 5.82 Å². The molecule has 1 atom stereocenters. The lowest BCUT2D eigenvalue weighted by Crippen LogP contribution is -2.45. The van der Waals surface area contributed by atoms with E-state index >= 15 is 0 Å². The maximum Gasteiger partial charge on any atom is 0.224 e. The first-order valence-electron chi connectivity index (χ1n) is 8.80. The summed E-state index contributed by atoms with van der Waals surface area (Å²) < 4.78 is 18.3.